The number of rotatable bonds is 5. The molecule has 9 heteroatoms. The van der Waals surface area contributed by atoms with Crippen molar-refractivity contribution >= 4 is 11.6 Å². The van der Waals surface area contributed by atoms with Gasteiger partial charge >= 0.3 is 0 Å². The second-order valence-corrected chi connectivity index (χ2v) is 5.50. The molecule has 0 radical (unpaired) electrons. The van der Waals surface area contributed by atoms with E-state index in [0.29, 0.717) is 22.5 Å². The number of benzene rings is 2. The highest BCUT2D eigenvalue weighted by Crippen LogP contribution is 2.20. The number of halogens is 1. The number of tetrazole rings is 1. The largest absolute Gasteiger partial charge is 0.484 e. The third kappa shape index (κ3) is 3.48. The Balaban J connectivity index is 1.45. The van der Waals surface area contributed by atoms with Crippen molar-refractivity contribution in [1.82, 2.24) is 30.3 Å². The van der Waals surface area contributed by atoms with Crippen LogP contribution in [0, 0.1) is 0 Å². The standard InChI is InChI=1S/C16H11ClN6O2/c17-12-6-4-11(5-7-12)16-19-15(25-20-16)9-24-14-3-1-2-13(8-14)23-10-18-21-22-23/h1-8,10H,9H2. The first-order valence-electron chi connectivity index (χ1n) is 7.33. The summed E-state index contributed by atoms with van der Waals surface area (Å²) in [6, 6.07) is 14.5. The second-order valence-electron chi connectivity index (χ2n) is 5.06. The first kappa shape index (κ1) is 15.3. The van der Waals surface area contributed by atoms with Gasteiger partial charge in [-0.2, -0.15) is 4.98 Å². The van der Waals surface area contributed by atoms with Crippen LogP contribution in [0.5, 0.6) is 5.75 Å². The highest BCUT2D eigenvalue weighted by atomic mass is 35.5. The summed E-state index contributed by atoms with van der Waals surface area (Å²) in [5.41, 5.74) is 1.61. The van der Waals surface area contributed by atoms with Crippen molar-refractivity contribution in [2.75, 3.05) is 0 Å². The Hall–Kier alpha value is -3.26. The van der Waals surface area contributed by atoms with Crippen LogP contribution < -0.4 is 4.74 Å². The van der Waals surface area contributed by atoms with Gasteiger partial charge in [0.2, 0.25) is 5.82 Å². The van der Waals surface area contributed by atoms with Crippen molar-refractivity contribution < 1.29 is 9.26 Å². The van der Waals surface area contributed by atoms with Crippen LogP contribution in [0.15, 0.2) is 59.4 Å². The normalized spacial score (nSPS) is 10.8. The van der Waals surface area contributed by atoms with Crippen LogP contribution in [0.1, 0.15) is 5.89 Å². The van der Waals surface area contributed by atoms with E-state index in [0.717, 1.165) is 11.3 Å². The molecule has 2 aromatic carbocycles. The van der Waals surface area contributed by atoms with E-state index in [9.17, 15) is 0 Å². The van der Waals surface area contributed by atoms with E-state index in [1.165, 1.54) is 11.0 Å². The second kappa shape index (κ2) is 6.70. The summed E-state index contributed by atoms with van der Waals surface area (Å²) in [5, 5.41) is 15.7. The zero-order valence-electron chi connectivity index (χ0n) is 12.8. The lowest BCUT2D eigenvalue weighted by Crippen LogP contribution is -1.98. The zero-order valence-corrected chi connectivity index (χ0v) is 13.5. The van der Waals surface area contributed by atoms with Crippen molar-refractivity contribution in [3.05, 3.63) is 65.8 Å². The van der Waals surface area contributed by atoms with Crippen LogP contribution in [-0.2, 0) is 6.61 Å². The minimum atomic E-state index is 0.152. The molecule has 124 valence electrons. The van der Waals surface area contributed by atoms with E-state index in [1.807, 2.05) is 36.4 Å². The molecule has 2 heterocycles. The minimum absolute atomic E-state index is 0.152. The van der Waals surface area contributed by atoms with Crippen molar-refractivity contribution in [2.45, 2.75) is 6.61 Å². The third-order valence-corrected chi connectivity index (χ3v) is 3.62. The molecule has 4 aromatic rings. The molecule has 0 aliphatic carbocycles. The number of nitrogens with zero attached hydrogens (tertiary/aromatic N) is 6. The Morgan fingerprint density at radius 1 is 1.12 bits per heavy atom. The van der Waals surface area contributed by atoms with Crippen LogP contribution in [0.4, 0.5) is 0 Å². The summed E-state index contributed by atoms with van der Waals surface area (Å²) >= 11 is 5.87. The van der Waals surface area contributed by atoms with E-state index in [2.05, 4.69) is 25.7 Å². The van der Waals surface area contributed by atoms with Crippen molar-refractivity contribution in [3.63, 3.8) is 0 Å². The van der Waals surface area contributed by atoms with E-state index < -0.39 is 0 Å². The van der Waals surface area contributed by atoms with Crippen LogP contribution in [0.3, 0.4) is 0 Å². The van der Waals surface area contributed by atoms with Crippen LogP contribution in [0.2, 0.25) is 5.02 Å². The smallest absolute Gasteiger partial charge is 0.264 e. The Morgan fingerprint density at radius 3 is 2.80 bits per heavy atom. The summed E-state index contributed by atoms with van der Waals surface area (Å²) in [6.07, 6.45) is 1.51. The third-order valence-electron chi connectivity index (χ3n) is 3.36. The van der Waals surface area contributed by atoms with Crippen LogP contribution in [-0.4, -0.2) is 30.3 Å². The Labute approximate surface area is 147 Å². The van der Waals surface area contributed by atoms with Crippen LogP contribution in [0.25, 0.3) is 17.1 Å². The lowest BCUT2D eigenvalue weighted by Gasteiger charge is -2.05. The van der Waals surface area contributed by atoms with Gasteiger partial charge in [-0.05, 0) is 46.8 Å². The number of hydrogen-bond donors (Lipinski definition) is 0. The maximum atomic E-state index is 5.87. The molecule has 8 nitrogen and oxygen atoms in total. The molecule has 0 atom stereocenters. The molecule has 0 spiro atoms. The van der Waals surface area contributed by atoms with Gasteiger partial charge in [-0.3, -0.25) is 0 Å². The number of hydrogen-bond acceptors (Lipinski definition) is 7. The van der Waals surface area contributed by atoms with Gasteiger partial charge in [0.25, 0.3) is 5.89 Å². The monoisotopic (exact) mass is 354 g/mol. The molecule has 0 amide bonds. The fourth-order valence-corrected chi connectivity index (χ4v) is 2.30. The highest BCUT2D eigenvalue weighted by Gasteiger charge is 2.09. The molecule has 0 fully saturated rings. The summed E-state index contributed by atoms with van der Waals surface area (Å²) in [5.74, 6) is 1.50. The lowest BCUT2D eigenvalue weighted by molar-refractivity contribution is 0.243. The molecule has 0 bridgehead atoms. The molecule has 25 heavy (non-hydrogen) atoms. The summed E-state index contributed by atoms with van der Waals surface area (Å²) in [7, 11) is 0. The van der Waals surface area contributed by atoms with E-state index in [-0.39, 0.29) is 6.61 Å². The average Bonchev–Trinajstić information content (AvgIpc) is 3.33. The van der Waals surface area contributed by atoms with Gasteiger partial charge < -0.3 is 9.26 Å². The van der Waals surface area contributed by atoms with E-state index in [4.69, 9.17) is 20.9 Å². The summed E-state index contributed by atoms with van der Waals surface area (Å²) in [4.78, 5) is 4.31. The van der Waals surface area contributed by atoms with Gasteiger partial charge in [-0.1, -0.05) is 22.8 Å². The first-order chi connectivity index (χ1) is 12.3. The predicted molar refractivity (Wildman–Crippen MR) is 88.2 cm³/mol. The van der Waals surface area contributed by atoms with E-state index >= 15 is 0 Å². The molecular formula is C16H11ClN6O2. The van der Waals surface area contributed by atoms with Crippen LogP contribution >= 0.6 is 11.6 Å². The molecule has 0 aliphatic heterocycles. The average molecular weight is 355 g/mol. The molecular weight excluding hydrogens is 344 g/mol. The van der Waals surface area contributed by atoms with Crippen molar-refractivity contribution in [2.24, 2.45) is 0 Å². The van der Waals surface area contributed by atoms with Gasteiger partial charge in [0, 0.05) is 16.7 Å². The molecule has 0 unspecified atom stereocenters. The SMILES string of the molecule is Clc1ccc(-c2noc(COc3cccc(-n4cnnn4)c3)n2)cc1. The Morgan fingerprint density at radius 2 is 2.00 bits per heavy atom. The Kier molecular flexibility index (Phi) is 4.09. The lowest BCUT2D eigenvalue weighted by atomic mass is 10.2. The Bertz CT molecular complexity index is 968. The molecule has 0 aliphatic rings. The maximum Gasteiger partial charge on any atom is 0.264 e. The minimum Gasteiger partial charge on any atom is -0.484 e. The van der Waals surface area contributed by atoms with Crippen molar-refractivity contribution in [1.29, 1.82) is 0 Å². The fourth-order valence-electron chi connectivity index (χ4n) is 2.17. The zero-order chi connectivity index (χ0) is 17.1. The summed E-state index contributed by atoms with van der Waals surface area (Å²) < 4.78 is 12.5. The number of ether oxygens (including phenoxy) is 1. The van der Waals surface area contributed by atoms with Gasteiger partial charge in [0.05, 0.1) is 5.69 Å². The molecule has 0 N–H and O–H groups in total. The van der Waals surface area contributed by atoms with Gasteiger partial charge in [0.15, 0.2) is 6.61 Å². The summed E-state index contributed by atoms with van der Waals surface area (Å²) in [6.45, 7) is 0.152. The predicted octanol–water partition coefficient (Wildman–Crippen LogP) is 2.94. The molecule has 4 rings (SSSR count). The first-order valence-corrected chi connectivity index (χ1v) is 7.70. The fraction of sp³-hybridized carbons (Fsp3) is 0.0625. The number of aromatic nitrogens is 6. The van der Waals surface area contributed by atoms with Gasteiger partial charge in [-0.25, -0.2) is 4.68 Å². The topological polar surface area (TPSA) is 91.8 Å². The van der Waals surface area contributed by atoms with E-state index in [1.54, 1.807) is 12.1 Å². The quantitative estimate of drug-likeness (QED) is 0.544. The van der Waals surface area contributed by atoms with Gasteiger partial charge in [0.1, 0.15) is 12.1 Å². The molecule has 2 aromatic heterocycles. The van der Waals surface area contributed by atoms with Crippen molar-refractivity contribution in [3.8, 4) is 22.8 Å². The highest BCUT2D eigenvalue weighted by molar-refractivity contribution is 6.30. The van der Waals surface area contributed by atoms with Gasteiger partial charge in [-0.15, -0.1) is 5.10 Å². The maximum absolute atomic E-state index is 5.87. The molecule has 0 saturated carbocycles. The molecule has 0 saturated heterocycles.